The number of nitro benzene ring substituents is 1. The molecule has 0 N–H and O–H groups in total. The molecule has 1 unspecified atom stereocenters. The zero-order valence-corrected chi connectivity index (χ0v) is 18.7. The molecule has 0 heterocycles. The van der Waals surface area contributed by atoms with Crippen molar-refractivity contribution in [1.29, 1.82) is 0 Å². The van der Waals surface area contributed by atoms with E-state index in [1.54, 1.807) is 27.7 Å². The van der Waals surface area contributed by atoms with E-state index >= 15 is 0 Å². The summed E-state index contributed by atoms with van der Waals surface area (Å²) in [6, 6.07) is 0.829. The number of esters is 1. The van der Waals surface area contributed by atoms with Crippen molar-refractivity contribution in [3.63, 3.8) is 0 Å². The van der Waals surface area contributed by atoms with Gasteiger partial charge in [-0.3, -0.25) is 19.7 Å². The summed E-state index contributed by atoms with van der Waals surface area (Å²) in [4.78, 5) is 38.1. The number of nitrogens with zero attached hydrogens (tertiary/aromatic N) is 2. The Hall–Kier alpha value is -3.04. The van der Waals surface area contributed by atoms with Crippen LogP contribution in [0, 0.1) is 10.1 Å². The van der Waals surface area contributed by atoms with Crippen LogP contribution in [0.15, 0.2) is 6.07 Å². The van der Waals surface area contributed by atoms with Gasteiger partial charge in [-0.1, -0.05) is 6.92 Å². The largest absolute Gasteiger partial charge is 0.493 e. The van der Waals surface area contributed by atoms with Crippen LogP contribution in [0.3, 0.4) is 0 Å². The lowest BCUT2D eigenvalue weighted by Gasteiger charge is -2.29. The average Bonchev–Trinajstić information content (AvgIpc) is 2.67. The molecule has 0 aliphatic heterocycles. The van der Waals surface area contributed by atoms with E-state index in [2.05, 4.69) is 0 Å². The van der Waals surface area contributed by atoms with Gasteiger partial charge in [0.1, 0.15) is 17.7 Å². The minimum atomic E-state index is -0.736. The summed E-state index contributed by atoms with van der Waals surface area (Å²) < 4.78 is 20.9. The second-order valence-corrected chi connectivity index (χ2v) is 7.58. The summed E-state index contributed by atoms with van der Waals surface area (Å²) >= 11 is 0. The van der Waals surface area contributed by atoms with Gasteiger partial charge in [0, 0.05) is 12.1 Å². The van der Waals surface area contributed by atoms with Crippen LogP contribution in [-0.2, 0) is 9.53 Å². The van der Waals surface area contributed by atoms with Crippen LogP contribution in [0.4, 0.5) is 5.69 Å². The minimum absolute atomic E-state index is 0.00881. The van der Waals surface area contributed by atoms with E-state index in [-0.39, 0.29) is 35.4 Å². The smallest absolute Gasteiger partial charge is 0.327 e. The Morgan fingerprint density at radius 1 is 1.13 bits per heavy atom. The number of carbonyl (C=O) groups is 2. The summed E-state index contributed by atoms with van der Waals surface area (Å²) in [5.41, 5.74) is -1.59. The minimum Gasteiger partial charge on any atom is -0.493 e. The molecule has 1 atom stereocenters. The van der Waals surface area contributed by atoms with Gasteiger partial charge in [0.15, 0.2) is 5.75 Å². The van der Waals surface area contributed by atoms with Crippen molar-refractivity contribution in [2.24, 2.45) is 0 Å². The van der Waals surface area contributed by atoms with Crippen LogP contribution in [-0.4, -0.2) is 61.2 Å². The van der Waals surface area contributed by atoms with Crippen molar-refractivity contribution in [3.05, 3.63) is 21.7 Å². The Balaban J connectivity index is 3.58. The van der Waals surface area contributed by atoms with Crippen molar-refractivity contribution in [1.82, 2.24) is 4.90 Å². The molecule has 0 aliphatic carbocycles. The number of hydrogen-bond donors (Lipinski definition) is 0. The fourth-order valence-corrected chi connectivity index (χ4v) is 2.80. The molecule has 0 aliphatic rings. The summed E-state index contributed by atoms with van der Waals surface area (Å²) in [6.45, 7) is 8.35. The van der Waals surface area contributed by atoms with Crippen molar-refractivity contribution in [2.45, 2.75) is 52.7 Å². The van der Waals surface area contributed by atoms with Crippen molar-refractivity contribution in [3.8, 4) is 17.2 Å². The molecule has 1 aromatic rings. The first-order valence-corrected chi connectivity index (χ1v) is 9.41. The Morgan fingerprint density at radius 2 is 1.70 bits per heavy atom. The molecule has 10 heteroatoms. The van der Waals surface area contributed by atoms with Gasteiger partial charge < -0.3 is 23.8 Å². The maximum atomic E-state index is 13.4. The summed E-state index contributed by atoms with van der Waals surface area (Å²) in [5.74, 6) is -1.51. The average molecular weight is 426 g/mol. The molecule has 0 aromatic heterocycles. The highest BCUT2D eigenvalue weighted by molar-refractivity contribution is 6.02. The van der Waals surface area contributed by atoms with E-state index in [1.165, 1.54) is 32.3 Å². The van der Waals surface area contributed by atoms with E-state index in [1.807, 2.05) is 6.92 Å². The molecule has 0 saturated heterocycles. The summed E-state index contributed by atoms with van der Waals surface area (Å²) in [5, 5.41) is 11.8. The fourth-order valence-electron chi connectivity index (χ4n) is 2.80. The number of benzene rings is 1. The Bertz CT molecular complexity index is 801. The SMILES string of the molecule is CCC(C)N(CC(=O)OC(C)(C)C)C(=O)c1cc(OC)c(OC)c(OC)c1[N+](=O)[O-]. The molecule has 0 radical (unpaired) electrons. The molecule has 1 amide bonds. The zero-order chi connectivity index (χ0) is 23.2. The van der Waals surface area contributed by atoms with E-state index in [0.717, 1.165) is 0 Å². The van der Waals surface area contributed by atoms with Crippen LogP contribution >= 0.6 is 0 Å². The molecule has 0 bridgehead atoms. The van der Waals surface area contributed by atoms with E-state index in [9.17, 15) is 19.7 Å². The number of carbonyl (C=O) groups excluding carboxylic acids is 2. The van der Waals surface area contributed by atoms with E-state index in [0.29, 0.717) is 6.42 Å². The van der Waals surface area contributed by atoms with Gasteiger partial charge in [0.2, 0.25) is 11.5 Å². The lowest BCUT2D eigenvalue weighted by Crippen LogP contribution is -2.43. The Morgan fingerprint density at radius 3 is 2.10 bits per heavy atom. The van der Waals surface area contributed by atoms with Crippen LogP contribution in [0.25, 0.3) is 0 Å². The molecule has 0 saturated carbocycles. The predicted octanol–water partition coefficient (Wildman–Crippen LogP) is 3.20. The van der Waals surface area contributed by atoms with Crippen molar-refractivity contribution in [2.75, 3.05) is 27.9 Å². The zero-order valence-electron chi connectivity index (χ0n) is 18.7. The third-order valence-electron chi connectivity index (χ3n) is 4.32. The van der Waals surface area contributed by atoms with Gasteiger partial charge >= 0.3 is 11.7 Å². The van der Waals surface area contributed by atoms with Gasteiger partial charge in [0.05, 0.1) is 26.3 Å². The number of ether oxygens (including phenoxy) is 4. The normalized spacial score (nSPS) is 12.0. The first kappa shape index (κ1) is 25.0. The van der Waals surface area contributed by atoms with E-state index < -0.39 is 28.1 Å². The molecule has 30 heavy (non-hydrogen) atoms. The Kier molecular flexibility index (Phi) is 8.44. The number of methoxy groups -OCH3 is 3. The summed E-state index contributed by atoms with van der Waals surface area (Å²) in [6.07, 6.45) is 0.521. The fraction of sp³-hybridized carbons (Fsp3) is 0.600. The first-order valence-electron chi connectivity index (χ1n) is 9.41. The maximum absolute atomic E-state index is 13.4. The second-order valence-electron chi connectivity index (χ2n) is 7.58. The lowest BCUT2D eigenvalue weighted by atomic mass is 10.1. The molecule has 168 valence electrons. The number of amides is 1. The number of nitro groups is 1. The monoisotopic (exact) mass is 426 g/mol. The molecular formula is C20H30N2O8. The van der Waals surface area contributed by atoms with Gasteiger partial charge in [-0.25, -0.2) is 0 Å². The highest BCUT2D eigenvalue weighted by Crippen LogP contribution is 2.46. The van der Waals surface area contributed by atoms with Crippen LogP contribution in [0.1, 0.15) is 51.4 Å². The third-order valence-corrected chi connectivity index (χ3v) is 4.32. The third kappa shape index (κ3) is 5.74. The standard InChI is InChI=1S/C20H30N2O8/c1-9-12(2)21(11-15(23)30-20(3,4)5)19(24)13-10-14(27-6)17(28-7)18(29-8)16(13)22(25)26/h10,12H,9,11H2,1-8H3. The number of hydrogen-bond acceptors (Lipinski definition) is 8. The first-order chi connectivity index (χ1) is 13.9. The van der Waals surface area contributed by atoms with Gasteiger partial charge in [-0.2, -0.15) is 0 Å². The predicted molar refractivity (Wildman–Crippen MR) is 109 cm³/mol. The molecule has 1 rings (SSSR count). The van der Waals surface area contributed by atoms with Gasteiger partial charge in [-0.05, 0) is 34.1 Å². The molecular weight excluding hydrogens is 396 g/mol. The topological polar surface area (TPSA) is 117 Å². The molecule has 10 nitrogen and oxygen atoms in total. The van der Waals surface area contributed by atoms with Gasteiger partial charge in [-0.15, -0.1) is 0 Å². The maximum Gasteiger partial charge on any atom is 0.327 e. The van der Waals surface area contributed by atoms with Crippen LogP contribution in [0.5, 0.6) is 17.2 Å². The summed E-state index contributed by atoms with van der Waals surface area (Å²) in [7, 11) is 3.87. The van der Waals surface area contributed by atoms with Crippen molar-refractivity contribution >= 4 is 17.6 Å². The Labute approximate surface area is 176 Å². The quantitative estimate of drug-likeness (QED) is 0.336. The second kappa shape index (κ2) is 10.1. The van der Waals surface area contributed by atoms with Crippen LogP contribution < -0.4 is 14.2 Å². The van der Waals surface area contributed by atoms with Gasteiger partial charge in [0.25, 0.3) is 5.91 Å². The lowest BCUT2D eigenvalue weighted by molar-refractivity contribution is -0.386. The highest BCUT2D eigenvalue weighted by atomic mass is 16.6. The number of rotatable bonds is 9. The molecule has 1 aromatic carbocycles. The van der Waals surface area contributed by atoms with Crippen molar-refractivity contribution < 1.29 is 33.5 Å². The van der Waals surface area contributed by atoms with E-state index in [4.69, 9.17) is 18.9 Å². The molecule has 0 fully saturated rings. The highest BCUT2D eigenvalue weighted by Gasteiger charge is 2.36. The molecule has 0 spiro atoms. The van der Waals surface area contributed by atoms with Crippen LogP contribution in [0.2, 0.25) is 0 Å².